The monoisotopic (exact) mass is 402 g/mol. The van der Waals surface area contributed by atoms with Gasteiger partial charge in [-0.15, -0.1) is 0 Å². The SMILES string of the molecule is CN(CCOc1ccc(F)cc1)C(=O)CCNC(=O)C12CC3CC(CC(C3)C1)C2. The van der Waals surface area contributed by atoms with Crippen LogP contribution in [0.2, 0.25) is 0 Å². The number of benzene rings is 1. The molecule has 0 spiro atoms. The lowest BCUT2D eigenvalue weighted by Crippen LogP contribution is -2.53. The number of carbonyl (C=O) groups is 2. The largest absolute Gasteiger partial charge is 0.492 e. The molecule has 6 heteroatoms. The molecular formula is C23H31FN2O3. The van der Waals surface area contributed by atoms with Crippen LogP contribution in [-0.2, 0) is 9.59 Å². The second-order valence-corrected chi connectivity index (χ2v) is 9.32. The van der Waals surface area contributed by atoms with Crippen molar-refractivity contribution in [1.29, 1.82) is 0 Å². The predicted octanol–water partition coefficient (Wildman–Crippen LogP) is 3.39. The van der Waals surface area contributed by atoms with E-state index in [1.165, 1.54) is 31.4 Å². The van der Waals surface area contributed by atoms with Gasteiger partial charge >= 0.3 is 0 Å². The third-order valence-electron chi connectivity index (χ3n) is 7.08. The van der Waals surface area contributed by atoms with Gasteiger partial charge in [-0.05, 0) is 80.5 Å². The second-order valence-electron chi connectivity index (χ2n) is 9.32. The normalized spacial score (nSPS) is 29.5. The van der Waals surface area contributed by atoms with Gasteiger partial charge in [0.25, 0.3) is 0 Å². The van der Waals surface area contributed by atoms with Crippen LogP contribution in [0.5, 0.6) is 5.75 Å². The van der Waals surface area contributed by atoms with Gasteiger partial charge in [-0.3, -0.25) is 9.59 Å². The topological polar surface area (TPSA) is 58.6 Å². The highest BCUT2D eigenvalue weighted by atomic mass is 19.1. The lowest BCUT2D eigenvalue weighted by atomic mass is 9.49. The fourth-order valence-corrected chi connectivity index (χ4v) is 6.01. The summed E-state index contributed by atoms with van der Waals surface area (Å²) in [5.41, 5.74) is -0.160. The van der Waals surface area contributed by atoms with Gasteiger partial charge < -0.3 is 15.0 Å². The highest BCUT2D eigenvalue weighted by Gasteiger charge is 2.54. The van der Waals surface area contributed by atoms with E-state index in [2.05, 4.69) is 5.32 Å². The van der Waals surface area contributed by atoms with Crippen LogP contribution in [0.1, 0.15) is 44.9 Å². The number of hydrogen-bond acceptors (Lipinski definition) is 3. The maximum atomic E-state index is 12.9. The number of carbonyl (C=O) groups excluding carboxylic acids is 2. The minimum atomic E-state index is -0.305. The Morgan fingerprint density at radius 1 is 1.10 bits per heavy atom. The summed E-state index contributed by atoms with van der Waals surface area (Å²) in [6.45, 7) is 1.18. The summed E-state index contributed by atoms with van der Waals surface area (Å²) in [5, 5.41) is 3.06. The molecule has 0 saturated heterocycles. The molecule has 0 heterocycles. The molecule has 1 aromatic carbocycles. The molecule has 4 fully saturated rings. The number of amides is 2. The third kappa shape index (κ3) is 4.57. The number of nitrogens with zero attached hydrogens (tertiary/aromatic N) is 1. The van der Waals surface area contributed by atoms with Crippen LogP contribution in [0, 0.1) is 29.0 Å². The predicted molar refractivity (Wildman–Crippen MR) is 108 cm³/mol. The van der Waals surface area contributed by atoms with Crippen molar-refractivity contribution in [1.82, 2.24) is 10.2 Å². The fraction of sp³-hybridized carbons (Fsp3) is 0.652. The van der Waals surface area contributed by atoms with Crippen LogP contribution in [0.3, 0.4) is 0 Å². The van der Waals surface area contributed by atoms with E-state index in [0.717, 1.165) is 37.0 Å². The number of likely N-dealkylation sites (N-methyl/N-ethyl adjacent to an activating group) is 1. The average molecular weight is 403 g/mol. The Hall–Kier alpha value is -2.11. The molecule has 2 amide bonds. The van der Waals surface area contributed by atoms with Crippen molar-refractivity contribution < 1.29 is 18.7 Å². The van der Waals surface area contributed by atoms with E-state index < -0.39 is 0 Å². The van der Waals surface area contributed by atoms with Crippen LogP contribution in [0.4, 0.5) is 4.39 Å². The molecule has 158 valence electrons. The van der Waals surface area contributed by atoms with E-state index in [1.54, 1.807) is 24.1 Å². The number of hydrogen-bond donors (Lipinski definition) is 1. The van der Waals surface area contributed by atoms with E-state index in [1.807, 2.05) is 0 Å². The van der Waals surface area contributed by atoms with E-state index >= 15 is 0 Å². The zero-order chi connectivity index (χ0) is 20.4. The minimum Gasteiger partial charge on any atom is -0.492 e. The summed E-state index contributed by atoms with van der Waals surface area (Å²) in [6, 6.07) is 5.82. The molecule has 0 aliphatic heterocycles. The zero-order valence-electron chi connectivity index (χ0n) is 17.2. The molecule has 5 rings (SSSR count). The van der Waals surface area contributed by atoms with Crippen LogP contribution < -0.4 is 10.1 Å². The molecule has 1 N–H and O–H groups in total. The Bertz CT molecular complexity index is 714. The summed E-state index contributed by atoms with van der Waals surface area (Å²) in [5.74, 6) is 2.64. The third-order valence-corrected chi connectivity index (χ3v) is 7.08. The quantitative estimate of drug-likeness (QED) is 0.725. The van der Waals surface area contributed by atoms with Gasteiger partial charge in [0.1, 0.15) is 18.2 Å². The smallest absolute Gasteiger partial charge is 0.226 e. The average Bonchev–Trinajstić information content (AvgIpc) is 2.68. The van der Waals surface area contributed by atoms with Crippen LogP contribution in [0.25, 0.3) is 0 Å². The highest BCUT2D eigenvalue weighted by Crippen LogP contribution is 2.60. The summed E-state index contributed by atoms with van der Waals surface area (Å²) < 4.78 is 18.4. The van der Waals surface area contributed by atoms with E-state index in [4.69, 9.17) is 4.74 Å². The molecule has 1 aromatic rings. The van der Waals surface area contributed by atoms with Gasteiger partial charge in [0, 0.05) is 25.4 Å². The van der Waals surface area contributed by atoms with Crippen LogP contribution >= 0.6 is 0 Å². The first-order chi connectivity index (χ1) is 13.9. The van der Waals surface area contributed by atoms with Crippen molar-refractivity contribution >= 4 is 11.8 Å². The summed E-state index contributed by atoms with van der Waals surface area (Å²) in [4.78, 5) is 26.9. The molecule has 5 nitrogen and oxygen atoms in total. The molecule has 0 atom stereocenters. The Labute approximate surface area is 172 Å². The summed E-state index contributed by atoms with van der Waals surface area (Å²) in [7, 11) is 1.73. The number of nitrogens with one attached hydrogen (secondary N) is 1. The van der Waals surface area contributed by atoms with Crippen LogP contribution in [-0.4, -0.2) is 43.5 Å². The Kier molecular flexibility index (Phi) is 5.79. The molecule has 4 saturated carbocycles. The number of ether oxygens (including phenoxy) is 1. The van der Waals surface area contributed by atoms with Crippen molar-refractivity contribution in [2.24, 2.45) is 23.2 Å². The number of halogens is 1. The van der Waals surface area contributed by atoms with Gasteiger partial charge in [0.2, 0.25) is 11.8 Å². The summed E-state index contributed by atoms with van der Waals surface area (Å²) in [6.07, 6.45) is 7.37. The Morgan fingerprint density at radius 3 is 2.28 bits per heavy atom. The lowest BCUT2D eigenvalue weighted by molar-refractivity contribution is -0.146. The van der Waals surface area contributed by atoms with Gasteiger partial charge in [-0.2, -0.15) is 0 Å². The van der Waals surface area contributed by atoms with Crippen LogP contribution in [0.15, 0.2) is 24.3 Å². The number of rotatable bonds is 8. The molecule has 4 aliphatic carbocycles. The molecule has 0 unspecified atom stereocenters. The van der Waals surface area contributed by atoms with Gasteiger partial charge in [0.15, 0.2) is 0 Å². The first kappa shape index (κ1) is 20.2. The molecular weight excluding hydrogens is 371 g/mol. The first-order valence-corrected chi connectivity index (χ1v) is 10.8. The molecule has 0 radical (unpaired) electrons. The van der Waals surface area contributed by atoms with E-state index in [9.17, 15) is 14.0 Å². The summed E-state index contributed by atoms with van der Waals surface area (Å²) >= 11 is 0. The van der Waals surface area contributed by atoms with Crippen molar-refractivity contribution in [2.75, 3.05) is 26.7 Å². The maximum absolute atomic E-state index is 12.9. The molecule has 29 heavy (non-hydrogen) atoms. The maximum Gasteiger partial charge on any atom is 0.226 e. The Morgan fingerprint density at radius 2 is 1.69 bits per heavy atom. The van der Waals surface area contributed by atoms with Crippen molar-refractivity contribution in [3.05, 3.63) is 30.1 Å². The standard InChI is InChI=1S/C23H31FN2O3/c1-26(8-9-29-20-4-2-19(24)3-5-20)21(27)6-7-25-22(28)23-13-16-10-17(14-23)12-18(11-16)15-23/h2-5,16-18H,6-15H2,1H3,(H,25,28). The molecule has 0 aromatic heterocycles. The molecule has 4 bridgehead atoms. The molecule has 4 aliphatic rings. The zero-order valence-corrected chi connectivity index (χ0v) is 17.2. The van der Waals surface area contributed by atoms with Gasteiger partial charge in [-0.25, -0.2) is 4.39 Å². The fourth-order valence-electron chi connectivity index (χ4n) is 6.01. The second kappa shape index (κ2) is 8.33. The first-order valence-electron chi connectivity index (χ1n) is 10.8. The van der Waals surface area contributed by atoms with E-state index in [-0.39, 0.29) is 23.0 Å². The van der Waals surface area contributed by atoms with E-state index in [0.29, 0.717) is 31.9 Å². The van der Waals surface area contributed by atoms with Crippen molar-refractivity contribution in [3.8, 4) is 5.75 Å². The van der Waals surface area contributed by atoms with Crippen molar-refractivity contribution in [3.63, 3.8) is 0 Å². The van der Waals surface area contributed by atoms with Gasteiger partial charge in [-0.1, -0.05) is 0 Å². The Balaban J connectivity index is 1.17. The minimum absolute atomic E-state index is 0.0153. The van der Waals surface area contributed by atoms with Crippen molar-refractivity contribution in [2.45, 2.75) is 44.9 Å². The highest BCUT2D eigenvalue weighted by molar-refractivity contribution is 5.84. The van der Waals surface area contributed by atoms with Gasteiger partial charge in [0.05, 0.1) is 6.54 Å². The lowest BCUT2D eigenvalue weighted by Gasteiger charge is -2.55.